The van der Waals surface area contributed by atoms with Crippen LogP contribution in [0.4, 0.5) is 5.69 Å². The van der Waals surface area contributed by atoms with Crippen LogP contribution in [-0.4, -0.2) is 35.6 Å². The Bertz CT molecular complexity index is 649. The van der Waals surface area contributed by atoms with E-state index in [1.54, 1.807) is 27.6 Å². The molecule has 1 spiro atoms. The van der Waals surface area contributed by atoms with Crippen LogP contribution in [-0.2, 0) is 14.5 Å². The van der Waals surface area contributed by atoms with Gasteiger partial charge < -0.3 is 9.80 Å². The van der Waals surface area contributed by atoms with Crippen LogP contribution in [0.1, 0.15) is 26.3 Å². The fraction of sp³-hybridized carbons (Fsp3) is 0.500. The van der Waals surface area contributed by atoms with E-state index >= 15 is 0 Å². The Hall–Kier alpha value is -1.20. The molecule has 118 valence electrons. The molecule has 2 aliphatic rings. The van der Waals surface area contributed by atoms with Gasteiger partial charge in [-0.25, -0.2) is 0 Å². The number of hydrogen-bond acceptors (Lipinski definition) is 3. The maximum absolute atomic E-state index is 13.1. The molecule has 0 aromatic heterocycles. The summed E-state index contributed by atoms with van der Waals surface area (Å²) in [5, 5.41) is 0.591. The molecule has 4 nitrogen and oxygen atoms in total. The van der Waals surface area contributed by atoms with Crippen molar-refractivity contribution < 1.29 is 9.59 Å². The lowest BCUT2D eigenvalue weighted by molar-refractivity contribution is -0.142. The third-order valence-electron chi connectivity index (χ3n) is 4.23. The molecule has 1 aromatic carbocycles. The number of anilines is 1. The molecule has 0 saturated carbocycles. The number of benzene rings is 1. The lowest BCUT2D eigenvalue weighted by Gasteiger charge is -2.34. The highest BCUT2D eigenvalue weighted by atomic mass is 35.5. The van der Waals surface area contributed by atoms with Crippen molar-refractivity contribution in [3.8, 4) is 0 Å². The number of hydrogen-bond donors (Lipinski definition) is 0. The zero-order chi connectivity index (χ0) is 16.1. The van der Waals surface area contributed by atoms with Gasteiger partial charge in [0.2, 0.25) is 5.91 Å². The first-order valence-corrected chi connectivity index (χ1v) is 8.87. The van der Waals surface area contributed by atoms with E-state index in [-0.39, 0.29) is 17.7 Å². The molecule has 6 heteroatoms. The number of nitrogens with zero attached hydrogens (tertiary/aromatic N) is 2. The van der Waals surface area contributed by atoms with Crippen LogP contribution in [0.2, 0.25) is 5.02 Å². The van der Waals surface area contributed by atoms with Gasteiger partial charge in [0.1, 0.15) is 0 Å². The lowest BCUT2D eigenvalue weighted by Crippen LogP contribution is -2.51. The summed E-state index contributed by atoms with van der Waals surface area (Å²) < 4.78 is 0. The Morgan fingerprint density at radius 2 is 2.18 bits per heavy atom. The Labute approximate surface area is 139 Å². The summed E-state index contributed by atoms with van der Waals surface area (Å²) in [5.41, 5.74) is 1.72. The van der Waals surface area contributed by atoms with Gasteiger partial charge in [-0.15, -0.1) is 11.8 Å². The number of thioether (sulfide) groups is 1. The highest BCUT2D eigenvalue weighted by molar-refractivity contribution is 8.01. The Morgan fingerprint density at radius 3 is 2.82 bits per heavy atom. The van der Waals surface area contributed by atoms with Crippen molar-refractivity contribution in [1.29, 1.82) is 0 Å². The molecule has 1 fully saturated rings. The smallest absolute Gasteiger partial charge is 0.268 e. The molecule has 0 N–H and O–H groups in total. The van der Waals surface area contributed by atoms with Crippen LogP contribution in [0.3, 0.4) is 0 Å². The van der Waals surface area contributed by atoms with Gasteiger partial charge in [0, 0.05) is 35.3 Å². The van der Waals surface area contributed by atoms with Crippen LogP contribution in [0.5, 0.6) is 0 Å². The number of carbonyl (C=O) groups excluding carboxylic acids is 2. The number of amides is 2. The summed E-state index contributed by atoms with van der Waals surface area (Å²) in [4.78, 5) is 28.4. The first-order chi connectivity index (χ1) is 10.4. The predicted molar refractivity (Wildman–Crippen MR) is 90.2 cm³/mol. The minimum atomic E-state index is -0.933. The first kappa shape index (κ1) is 15.7. The molecule has 22 heavy (non-hydrogen) atoms. The van der Waals surface area contributed by atoms with E-state index in [1.807, 2.05) is 32.9 Å². The molecule has 0 bridgehead atoms. The van der Waals surface area contributed by atoms with Gasteiger partial charge in [0.25, 0.3) is 5.91 Å². The van der Waals surface area contributed by atoms with Crippen LogP contribution < -0.4 is 4.90 Å². The van der Waals surface area contributed by atoms with Crippen molar-refractivity contribution in [2.75, 3.05) is 23.7 Å². The number of fused-ring (bicyclic) bond motifs is 2. The summed E-state index contributed by atoms with van der Waals surface area (Å²) >= 11 is 7.71. The Kier molecular flexibility index (Phi) is 3.89. The maximum Gasteiger partial charge on any atom is 0.268 e. The molecule has 2 amide bonds. The predicted octanol–water partition coefficient (Wildman–Crippen LogP) is 3.09. The van der Waals surface area contributed by atoms with Crippen molar-refractivity contribution in [2.24, 2.45) is 5.92 Å². The fourth-order valence-electron chi connectivity index (χ4n) is 3.23. The Morgan fingerprint density at radius 1 is 1.45 bits per heavy atom. The monoisotopic (exact) mass is 338 g/mol. The summed E-state index contributed by atoms with van der Waals surface area (Å²) in [7, 11) is 0. The van der Waals surface area contributed by atoms with Gasteiger partial charge in [-0.2, -0.15) is 0 Å². The first-order valence-electron chi connectivity index (χ1n) is 7.51. The molecule has 1 aromatic rings. The second kappa shape index (κ2) is 5.46. The van der Waals surface area contributed by atoms with E-state index < -0.39 is 4.87 Å². The zero-order valence-corrected chi connectivity index (χ0v) is 14.5. The standard InChI is InChI=1S/C16H19ClN2O2S/c1-4-18-13-6-5-11(17)9-12(13)16(15(18)21)19(7-8-22-16)14(20)10(2)3/h5-6,9-10H,4,7-8H2,1-3H3. The number of carbonyl (C=O) groups is 2. The summed E-state index contributed by atoms with van der Waals surface area (Å²) in [6.45, 7) is 6.86. The molecular formula is C16H19ClN2O2S. The van der Waals surface area contributed by atoms with Crippen molar-refractivity contribution in [3.63, 3.8) is 0 Å². The van der Waals surface area contributed by atoms with Gasteiger partial charge in [0.05, 0.1) is 5.69 Å². The van der Waals surface area contributed by atoms with Crippen LogP contribution >= 0.6 is 23.4 Å². The van der Waals surface area contributed by atoms with E-state index in [1.165, 1.54) is 0 Å². The third kappa shape index (κ3) is 1.98. The van der Waals surface area contributed by atoms with Gasteiger partial charge in [-0.1, -0.05) is 25.4 Å². The largest absolute Gasteiger partial charge is 0.315 e. The highest BCUT2D eigenvalue weighted by Crippen LogP contribution is 2.54. The minimum absolute atomic E-state index is 0.0160. The number of likely N-dealkylation sites (N-methyl/N-ethyl adjacent to an activating group) is 1. The molecular weight excluding hydrogens is 320 g/mol. The van der Waals surface area contributed by atoms with Gasteiger partial charge in [-0.05, 0) is 25.1 Å². The summed E-state index contributed by atoms with van der Waals surface area (Å²) in [5.74, 6) is 0.612. The second-order valence-electron chi connectivity index (χ2n) is 5.85. The van der Waals surface area contributed by atoms with Crippen molar-refractivity contribution >= 4 is 40.9 Å². The molecule has 1 atom stereocenters. The second-order valence-corrected chi connectivity index (χ2v) is 7.57. The van der Waals surface area contributed by atoms with Gasteiger partial charge in [0.15, 0.2) is 4.87 Å². The fourth-order valence-corrected chi connectivity index (χ4v) is 4.87. The van der Waals surface area contributed by atoms with E-state index in [0.717, 1.165) is 17.0 Å². The molecule has 2 heterocycles. The molecule has 3 rings (SSSR count). The van der Waals surface area contributed by atoms with Crippen molar-refractivity contribution in [1.82, 2.24) is 4.90 Å². The summed E-state index contributed by atoms with van der Waals surface area (Å²) in [6.07, 6.45) is 0. The van der Waals surface area contributed by atoms with Crippen LogP contribution in [0.25, 0.3) is 0 Å². The minimum Gasteiger partial charge on any atom is -0.315 e. The molecule has 0 radical (unpaired) electrons. The van der Waals surface area contributed by atoms with E-state index in [4.69, 9.17) is 11.6 Å². The Balaban J connectivity index is 2.19. The van der Waals surface area contributed by atoms with Crippen LogP contribution in [0.15, 0.2) is 18.2 Å². The SMILES string of the molecule is CCN1C(=O)C2(SCCN2C(=O)C(C)C)c2cc(Cl)ccc21. The van der Waals surface area contributed by atoms with E-state index in [2.05, 4.69) is 0 Å². The number of rotatable bonds is 2. The molecule has 0 aliphatic carbocycles. The molecule has 1 unspecified atom stereocenters. The van der Waals surface area contributed by atoms with Gasteiger partial charge in [-0.3, -0.25) is 9.59 Å². The quantitative estimate of drug-likeness (QED) is 0.832. The average molecular weight is 339 g/mol. The molecule has 2 aliphatic heterocycles. The van der Waals surface area contributed by atoms with Crippen LogP contribution in [0, 0.1) is 5.92 Å². The van der Waals surface area contributed by atoms with Crippen molar-refractivity contribution in [3.05, 3.63) is 28.8 Å². The van der Waals surface area contributed by atoms with Gasteiger partial charge >= 0.3 is 0 Å². The summed E-state index contributed by atoms with van der Waals surface area (Å²) in [6, 6.07) is 5.51. The topological polar surface area (TPSA) is 40.6 Å². The lowest BCUT2D eigenvalue weighted by atomic mass is 10.0. The van der Waals surface area contributed by atoms with Crippen molar-refractivity contribution in [2.45, 2.75) is 25.6 Å². The third-order valence-corrected chi connectivity index (χ3v) is 5.89. The normalized spacial score (nSPS) is 23.8. The van der Waals surface area contributed by atoms with E-state index in [0.29, 0.717) is 18.1 Å². The zero-order valence-electron chi connectivity index (χ0n) is 12.9. The average Bonchev–Trinajstić information content (AvgIpc) is 3.02. The highest BCUT2D eigenvalue weighted by Gasteiger charge is 2.59. The molecule has 1 saturated heterocycles. The number of halogens is 1. The van der Waals surface area contributed by atoms with E-state index in [9.17, 15) is 9.59 Å². The maximum atomic E-state index is 13.1.